The number of esters is 1. The normalized spacial score (nSPS) is 11.4. The lowest BCUT2D eigenvalue weighted by atomic mass is 10.2. The molecule has 0 saturated carbocycles. The van der Waals surface area contributed by atoms with Crippen molar-refractivity contribution in [3.63, 3.8) is 0 Å². The Kier molecular flexibility index (Phi) is 5.02. The Labute approximate surface area is 101 Å². The molecule has 0 amide bonds. The number of rotatable bonds is 4. The van der Waals surface area contributed by atoms with Gasteiger partial charge in [-0.25, -0.2) is 9.78 Å². The summed E-state index contributed by atoms with van der Waals surface area (Å²) in [4.78, 5) is 17.6. The molecule has 1 aromatic heterocycles. The van der Waals surface area contributed by atoms with Crippen LogP contribution in [0.4, 0.5) is 0 Å². The van der Waals surface area contributed by atoms with E-state index in [9.17, 15) is 4.79 Å². The fourth-order valence-corrected chi connectivity index (χ4v) is 1.27. The molecule has 6 heteroatoms. The van der Waals surface area contributed by atoms with Crippen LogP contribution in [-0.2, 0) is 15.9 Å². The Morgan fingerprint density at radius 2 is 2.44 bits per heavy atom. The topological polar surface area (TPSA) is 61.6 Å². The predicted molar refractivity (Wildman–Crippen MR) is 59.0 cm³/mol. The van der Waals surface area contributed by atoms with E-state index in [1.54, 1.807) is 0 Å². The number of halogens is 1. The lowest BCUT2D eigenvalue weighted by Crippen LogP contribution is -2.11. The van der Waals surface area contributed by atoms with Crippen molar-refractivity contribution in [3.05, 3.63) is 17.8 Å². The zero-order valence-corrected chi connectivity index (χ0v) is 10.4. The van der Waals surface area contributed by atoms with E-state index < -0.39 is 5.97 Å². The van der Waals surface area contributed by atoms with Crippen molar-refractivity contribution in [2.75, 3.05) is 14.2 Å². The van der Waals surface area contributed by atoms with Gasteiger partial charge in [-0.1, -0.05) is 5.92 Å². The molecule has 0 N–H and O–H groups in total. The highest BCUT2D eigenvalue weighted by atomic mass is 79.9. The molecule has 0 bridgehead atoms. The maximum Gasteiger partial charge on any atom is 0.360 e. The monoisotopic (exact) mass is 287 g/mol. The van der Waals surface area contributed by atoms with E-state index >= 15 is 0 Å². The summed E-state index contributed by atoms with van der Waals surface area (Å²) in [6, 6.07) is 0. The summed E-state index contributed by atoms with van der Waals surface area (Å²) in [7, 11) is 2.82. The number of oxazole rings is 1. The highest BCUT2D eigenvalue weighted by molar-refractivity contribution is 9.12. The van der Waals surface area contributed by atoms with Crippen molar-refractivity contribution in [1.29, 1.82) is 0 Å². The summed E-state index contributed by atoms with van der Waals surface area (Å²) in [6.07, 6.45) is 1.28. The van der Waals surface area contributed by atoms with Crippen LogP contribution in [0.3, 0.4) is 0 Å². The van der Waals surface area contributed by atoms with Gasteiger partial charge < -0.3 is 13.9 Å². The quantitative estimate of drug-likeness (QED) is 0.618. The minimum atomic E-state index is -0.532. The summed E-state index contributed by atoms with van der Waals surface area (Å²) in [5.74, 6) is 2.61. The summed E-state index contributed by atoms with van der Waals surface area (Å²) in [6.45, 7) is 0. The first-order valence-corrected chi connectivity index (χ1v) is 5.17. The second kappa shape index (κ2) is 6.30. The molecule has 16 heavy (non-hydrogen) atoms. The Morgan fingerprint density at radius 1 is 1.69 bits per heavy atom. The maximum absolute atomic E-state index is 11.1. The first kappa shape index (κ1) is 12.7. The van der Waals surface area contributed by atoms with Crippen LogP contribution in [0.5, 0.6) is 0 Å². The van der Waals surface area contributed by atoms with Crippen LogP contribution in [0.1, 0.15) is 16.4 Å². The molecule has 0 fully saturated rings. The van der Waals surface area contributed by atoms with Gasteiger partial charge in [-0.3, -0.25) is 0 Å². The molecular formula is C10H10BrNO4. The molecule has 1 heterocycles. The van der Waals surface area contributed by atoms with Crippen molar-refractivity contribution in [2.24, 2.45) is 0 Å². The first-order chi connectivity index (χ1) is 7.71. The molecular weight excluding hydrogens is 278 g/mol. The minimum Gasteiger partial charge on any atom is -0.464 e. The van der Waals surface area contributed by atoms with Crippen LogP contribution >= 0.6 is 15.9 Å². The number of hydrogen-bond donors (Lipinski definition) is 0. The molecule has 0 radical (unpaired) electrons. The van der Waals surface area contributed by atoms with Gasteiger partial charge in [-0.2, -0.15) is 0 Å². The number of methoxy groups -OCH3 is 2. The second-order valence-electron chi connectivity index (χ2n) is 2.79. The number of carbonyl (C=O) groups is 1. The van der Waals surface area contributed by atoms with Gasteiger partial charge in [0.25, 0.3) is 0 Å². The molecule has 0 aliphatic rings. The molecule has 0 aromatic carbocycles. The minimum absolute atomic E-state index is 0.138. The van der Waals surface area contributed by atoms with Gasteiger partial charge in [-0.05, 0) is 4.83 Å². The van der Waals surface area contributed by atoms with Crippen LogP contribution in [0.15, 0.2) is 10.7 Å². The van der Waals surface area contributed by atoms with Crippen LogP contribution in [0.25, 0.3) is 0 Å². The average Bonchev–Trinajstić information content (AvgIpc) is 2.76. The van der Waals surface area contributed by atoms with Gasteiger partial charge in [0.1, 0.15) is 12.4 Å². The molecule has 0 saturated heterocycles. The van der Waals surface area contributed by atoms with Gasteiger partial charge in [0.05, 0.1) is 13.5 Å². The van der Waals surface area contributed by atoms with Crippen molar-refractivity contribution in [1.82, 2.24) is 4.98 Å². The SMILES string of the molecule is COC(=O)c1coc(C[C@H](C#CBr)OC)n1. The number of carbonyl (C=O) groups excluding carboxylic acids is 1. The Bertz CT molecular complexity index is 418. The molecule has 0 aliphatic carbocycles. The predicted octanol–water partition coefficient (Wildman–Crippen LogP) is 1.37. The largest absolute Gasteiger partial charge is 0.464 e. The van der Waals surface area contributed by atoms with Gasteiger partial charge >= 0.3 is 5.97 Å². The van der Waals surface area contributed by atoms with Crippen molar-refractivity contribution >= 4 is 21.9 Å². The summed E-state index contributed by atoms with van der Waals surface area (Å²) < 4.78 is 14.7. The van der Waals surface area contributed by atoms with Crippen molar-refractivity contribution in [3.8, 4) is 10.8 Å². The summed E-state index contributed by atoms with van der Waals surface area (Å²) in [5.41, 5.74) is 0.138. The molecule has 1 atom stereocenters. The van der Waals surface area contributed by atoms with Crippen LogP contribution in [-0.4, -0.2) is 31.3 Å². The summed E-state index contributed by atoms with van der Waals surface area (Å²) in [5, 5.41) is 0. The molecule has 1 aromatic rings. The van der Waals surface area contributed by atoms with Gasteiger partial charge in [0.15, 0.2) is 11.6 Å². The third-order valence-corrected chi connectivity index (χ3v) is 2.04. The van der Waals surface area contributed by atoms with E-state index in [4.69, 9.17) is 9.15 Å². The van der Waals surface area contributed by atoms with E-state index in [1.165, 1.54) is 20.5 Å². The number of ether oxygens (including phenoxy) is 2. The van der Waals surface area contributed by atoms with Gasteiger partial charge in [-0.15, -0.1) is 0 Å². The van der Waals surface area contributed by atoms with Crippen molar-refractivity contribution < 1.29 is 18.7 Å². The number of hydrogen-bond acceptors (Lipinski definition) is 5. The van der Waals surface area contributed by atoms with Gasteiger partial charge in [0, 0.05) is 23.0 Å². The molecule has 86 valence electrons. The fraction of sp³-hybridized carbons (Fsp3) is 0.400. The Balaban J connectivity index is 2.70. The van der Waals surface area contributed by atoms with E-state index in [2.05, 4.69) is 36.4 Å². The molecule has 0 aliphatic heterocycles. The lowest BCUT2D eigenvalue weighted by Gasteiger charge is -2.03. The molecule has 0 spiro atoms. The average molecular weight is 288 g/mol. The first-order valence-electron chi connectivity index (χ1n) is 4.38. The van der Waals surface area contributed by atoms with Crippen LogP contribution in [0.2, 0.25) is 0 Å². The van der Waals surface area contributed by atoms with E-state index in [-0.39, 0.29) is 11.8 Å². The smallest absolute Gasteiger partial charge is 0.360 e. The highest BCUT2D eigenvalue weighted by Gasteiger charge is 2.15. The summed E-state index contributed by atoms with van der Waals surface area (Å²) >= 11 is 2.98. The van der Waals surface area contributed by atoms with Crippen LogP contribution in [0, 0.1) is 10.8 Å². The zero-order chi connectivity index (χ0) is 12.0. The van der Waals surface area contributed by atoms with Crippen LogP contribution < -0.4 is 0 Å². The number of aromatic nitrogens is 1. The van der Waals surface area contributed by atoms with E-state index in [0.717, 1.165) is 0 Å². The molecule has 1 rings (SSSR count). The van der Waals surface area contributed by atoms with Gasteiger partial charge in [0.2, 0.25) is 0 Å². The molecule has 0 unspecified atom stereocenters. The second-order valence-corrected chi connectivity index (χ2v) is 3.18. The van der Waals surface area contributed by atoms with Crippen molar-refractivity contribution in [2.45, 2.75) is 12.5 Å². The fourth-order valence-electron chi connectivity index (χ4n) is 1.02. The number of nitrogens with zero attached hydrogens (tertiary/aromatic N) is 1. The highest BCUT2D eigenvalue weighted by Crippen LogP contribution is 2.07. The standard InChI is InChI=1S/C10H10BrNO4/c1-14-7(3-4-11)5-9-12-8(6-16-9)10(13)15-2/h6-7H,5H2,1-2H3/t7-/m0/s1. The third kappa shape index (κ3) is 3.36. The lowest BCUT2D eigenvalue weighted by molar-refractivity contribution is 0.0594. The Morgan fingerprint density at radius 3 is 3.00 bits per heavy atom. The van der Waals surface area contributed by atoms with E-state index in [0.29, 0.717) is 12.3 Å². The molecule has 5 nitrogen and oxygen atoms in total. The van der Waals surface area contributed by atoms with E-state index in [1.807, 2.05) is 0 Å². The zero-order valence-electron chi connectivity index (χ0n) is 8.82. The third-order valence-electron chi connectivity index (χ3n) is 1.81. The Hall–Kier alpha value is -1.32. The maximum atomic E-state index is 11.1.